The molecule has 154 valence electrons. The Morgan fingerprint density at radius 1 is 1.07 bits per heavy atom. The second kappa shape index (κ2) is 8.54. The van der Waals surface area contributed by atoms with Crippen molar-refractivity contribution in [2.75, 3.05) is 25.0 Å². The molecule has 0 aliphatic carbocycles. The minimum Gasteiger partial charge on any atom is -0.368 e. The van der Waals surface area contributed by atoms with Crippen LogP contribution in [0.4, 0.5) is 11.5 Å². The molecule has 4 heterocycles. The number of ether oxygens (including phenoxy) is 1. The molecule has 1 amide bonds. The highest BCUT2D eigenvalue weighted by Gasteiger charge is 2.28. The van der Waals surface area contributed by atoms with Gasteiger partial charge in [0, 0.05) is 29.8 Å². The first kappa shape index (κ1) is 19.9. The number of aryl methyl sites for hydroxylation is 3. The van der Waals surface area contributed by atoms with Crippen LogP contribution in [0.15, 0.2) is 42.7 Å². The van der Waals surface area contributed by atoms with Crippen molar-refractivity contribution in [2.24, 2.45) is 0 Å². The molecule has 0 spiro atoms. The van der Waals surface area contributed by atoms with E-state index in [1.165, 1.54) is 6.20 Å². The highest BCUT2D eigenvalue weighted by atomic mass is 16.5. The molecule has 8 nitrogen and oxygen atoms in total. The van der Waals surface area contributed by atoms with E-state index in [1.807, 2.05) is 51.1 Å². The van der Waals surface area contributed by atoms with Gasteiger partial charge >= 0.3 is 0 Å². The second-order valence-electron chi connectivity index (χ2n) is 7.36. The lowest BCUT2D eigenvalue weighted by Crippen LogP contribution is -2.42. The summed E-state index contributed by atoms with van der Waals surface area (Å²) in [5.74, 6) is 0.622. The summed E-state index contributed by atoms with van der Waals surface area (Å²) < 4.78 is 5.94. The molecule has 0 saturated carbocycles. The number of carbonyl (C=O) groups is 1. The quantitative estimate of drug-likeness (QED) is 0.714. The molecule has 1 aliphatic rings. The Hall–Kier alpha value is -3.39. The predicted molar refractivity (Wildman–Crippen MR) is 113 cm³/mol. The molecular formula is C22H24N6O2. The third-order valence-corrected chi connectivity index (χ3v) is 4.82. The van der Waals surface area contributed by atoms with Crippen LogP contribution in [0.5, 0.6) is 0 Å². The normalized spacial score (nSPS) is 16.4. The van der Waals surface area contributed by atoms with Gasteiger partial charge in [0.05, 0.1) is 30.7 Å². The van der Waals surface area contributed by atoms with Crippen molar-refractivity contribution in [2.45, 2.75) is 26.9 Å². The minimum atomic E-state index is -0.313. The molecule has 8 heteroatoms. The summed E-state index contributed by atoms with van der Waals surface area (Å²) in [5.41, 5.74) is 4.57. The van der Waals surface area contributed by atoms with E-state index in [0.29, 0.717) is 25.4 Å². The Kier molecular flexibility index (Phi) is 5.67. The van der Waals surface area contributed by atoms with Gasteiger partial charge in [0.15, 0.2) is 0 Å². The number of pyridine rings is 2. The van der Waals surface area contributed by atoms with Gasteiger partial charge in [0.25, 0.3) is 5.91 Å². The number of anilines is 2. The molecule has 3 aromatic rings. The van der Waals surface area contributed by atoms with Gasteiger partial charge in [-0.25, -0.2) is 9.97 Å². The van der Waals surface area contributed by atoms with E-state index >= 15 is 0 Å². The molecule has 1 saturated heterocycles. The van der Waals surface area contributed by atoms with Gasteiger partial charge in [-0.2, -0.15) is 0 Å². The summed E-state index contributed by atoms with van der Waals surface area (Å²) in [5, 5.41) is 3.32. The molecule has 1 atom stereocenters. The fourth-order valence-electron chi connectivity index (χ4n) is 3.37. The van der Waals surface area contributed by atoms with Crippen molar-refractivity contribution in [1.82, 2.24) is 24.8 Å². The average Bonchev–Trinajstić information content (AvgIpc) is 2.73. The maximum Gasteiger partial charge on any atom is 0.274 e. The van der Waals surface area contributed by atoms with Gasteiger partial charge in [-0.05, 0) is 45.0 Å². The van der Waals surface area contributed by atoms with Gasteiger partial charge in [-0.15, -0.1) is 0 Å². The number of aromatic nitrogens is 4. The number of hydrogen-bond acceptors (Lipinski definition) is 7. The first-order valence-corrected chi connectivity index (χ1v) is 9.87. The van der Waals surface area contributed by atoms with Gasteiger partial charge in [0.2, 0.25) is 0 Å². The first-order valence-electron chi connectivity index (χ1n) is 9.87. The van der Waals surface area contributed by atoms with Crippen LogP contribution in [-0.2, 0) is 4.74 Å². The monoisotopic (exact) mass is 404 g/mol. The highest BCUT2D eigenvalue weighted by molar-refractivity contribution is 5.92. The molecule has 1 N–H and O–H groups in total. The molecule has 1 fully saturated rings. The maximum absolute atomic E-state index is 12.8. The van der Waals surface area contributed by atoms with E-state index in [2.05, 4.69) is 25.3 Å². The Labute approximate surface area is 175 Å². The minimum absolute atomic E-state index is 0.147. The largest absolute Gasteiger partial charge is 0.368 e. The molecule has 1 unspecified atom stereocenters. The summed E-state index contributed by atoms with van der Waals surface area (Å²) in [4.78, 5) is 32.1. The summed E-state index contributed by atoms with van der Waals surface area (Å²) in [6.45, 7) is 7.09. The average molecular weight is 404 g/mol. The summed E-state index contributed by atoms with van der Waals surface area (Å²) >= 11 is 0. The van der Waals surface area contributed by atoms with Crippen molar-refractivity contribution in [3.63, 3.8) is 0 Å². The number of rotatable bonds is 4. The third kappa shape index (κ3) is 4.60. The van der Waals surface area contributed by atoms with Crippen LogP contribution < -0.4 is 5.32 Å². The number of nitrogens with zero attached hydrogens (tertiary/aromatic N) is 5. The SMILES string of the molecule is Cc1cnc(C(=O)N2CCOC(c3cc(Nc4cccc(C)n4)cc(C)n3)C2)cn1. The van der Waals surface area contributed by atoms with E-state index in [9.17, 15) is 4.79 Å². The van der Waals surface area contributed by atoms with Gasteiger partial charge in [-0.3, -0.25) is 14.8 Å². The van der Waals surface area contributed by atoms with Crippen LogP contribution in [0.25, 0.3) is 0 Å². The second-order valence-corrected chi connectivity index (χ2v) is 7.36. The van der Waals surface area contributed by atoms with E-state index in [4.69, 9.17) is 4.74 Å². The molecule has 4 rings (SSSR count). The molecular weight excluding hydrogens is 380 g/mol. The lowest BCUT2D eigenvalue weighted by atomic mass is 10.1. The Morgan fingerprint density at radius 2 is 1.93 bits per heavy atom. The first-order chi connectivity index (χ1) is 14.5. The topological polar surface area (TPSA) is 93.1 Å². The Balaban J connectivity index is 1.52. The standard InChI is InChI=1S/C22H24N6O2/c1-14-5-4-6-21(26-14)27-17-9-15(2)25-18(10-17)20-13-28(7-8-30-20)22(29)19-12-23-16(3)11-24-19/h4-6,9-12,20H,7-8,13H2,1-3H3,(H,25,26,27). The zero-order valence-corrected chi connectivity index (χ0v) is 17.3. The Bertz CT molecular complexity index is 1050. The zero-order chi connectivity index (χ0) is 21.1. The van der Waals surface area contributed by atoms with E-state index in [0.717, 1.165) is 34.3 Å². The van der Waals surface area contributed by atoms with Crippen LogP contribution in [-0.4, -0.2) is 50.4 Å². The number of amides is 1. The number of hydrogen-bond donors (Lipinski definition) is 1. The van der Waals surface area contributed by atoms with Crippen molar-refractivity contribution >= 4 is 17.4 Å². The fraction of sp³-hybridized carbons (Fsp3) is 0.318. The molecule has 30 heavy (non-hydrogen) atoms. The van der Waals surface area contributed by atoms with E-state index in [-0.39, 0.29) is 12.0 Å². The Morgan fingerprint density at radius 3 is 2.70 bits per heavy atom. The number of nitrogens with one attached hydrogen (secondary N) is 1. The molecule has 0 bridgehead atoms. The number of carbonyl (C=O) groups excluding carboxylic acids is 1. The lowest BCUT2D eigenvalue weighted by Gasteiger charge is -2.32. The lowest BCUT2D eigenvalue weighted by molar-refractivity contribution is -0.0249. The van der Waals surface area contributed by atoms with Gasteiger partial charge in [0.1, 0.15) is 17.6 Å². The smallest absolute Gasteiger partial charge is 0.274 e. The van der Waals surface area contributed by atoms with Crippen LogP contribution in [0.3, 0.4) is 0 Å². The van der Waals surface area contributed by atoms with Crippen LogP contribution in [0.2, 0.25) is 0 Å². The van der Waals surface area contributed by atoms with Crippen molar-refractivity contribution in [1.29, 1.82) is 0 Å². The summed E-state index contributed by atoms with van der Waals surface area (Å²) in [7, 11) is 0. The maximum atomic E-state index is 12.8. The van der Waals surface area contributed by atoms with Crippen LogP contribution in [0.1, 0.15) is 39.4 Å². The fourth-order valence-corrected chi connectivity index (χ4v) is 3.37. The van der Waals surface area contributed by atoms with Crippen molar-refractivity contribution in [3.05, 3.63) is 71.2 Å². The van der Waals surface area contributed by atoms with Crippen LogP contribution >= 0.6 is 0 Å². The van der Waals surface area contributed by atoms with Gasteiger partial charge in [-0.1, -0.05) is 6.07 Å². The molecule has 0 radical (unpaired) electrons. The predicted octanol–water partition coefficient (Wildman–Crippen LogP) is 3.15. The van der Waals surface area contributed by atoms with E-state index < -0.39 is 0 Å². The third-order valence-electron chi connectivity index (χ3n) is 4.82. The summed E-state index contributed by atoms with van der Waals surface area (Å²) in [6, 6.07) is 9.74. The van der Waals surface area contributed by atoms with Crippen LogP contribution in [0, 0.1) is 20.8 Å². The van der Waals surface area contributed by atoms with Gasteiger partial charge < -0.3 is 15.0 Å². The molecule has 3 aromatic heterocycles. The zero-order valence-electron chi connectivity index (χ0n) is 17.3. The molecule has 1 aliphatic heterocycles. The molecule has 0 aromatic carbocycles. The van der Waals surface area contributed by atoms with Crippen molar-refractivity contribution in [3.8, 4) is 0 Å². The highest BCUT2D eigenvalue weighted by Crippen LogP contribution is 2.26. The number of morpholine rings is 1. The summed E-state index contributed by atoms with van der Waals surface area (Å²) in [6.07, 6.45) is 2.81. The van der Waals surface area contributed by atoms with E-state index in [1.54, 1.807) is 11.1 Å². The van der Waals surface area contributed by atoms with Crippen molar-refractivity contribution < 1.29 is 9.53 Å².